The van der Waals surface area contributed by atoms with Crippen LogP contribution in [0.5, 0.6) is 0 Å². The van der Waals surface area contributed by atoms with Gasteiger partial charge in [-0.1, -0.05) is 35.9 Å². The zero-order valence-corrected chi connectivity index (χ0v) is 12.6. The molecule has 0 heterocycles. The molecule has 0 saturated heterocycles. The number of carbonyl (C=O) groups excluding carboxylic acids is 1. The minimum absolute atomic E-state index is 0.00347. The first-order chi connectivity index (χ1) is 10.5. The van der Waals surface area contributed by atoms with E-state index in [1.807, 2.05) is 0 Å². The van der Waals surface area contributed by atoms with Crippen molar-refractivity contribution in [1.82, 2.24) is 5.32 Å². The van der Waals surface area contributed by atoms with E-state index in [9.17, 15) is 14.9 Å². The quantitative estimate of drug-likeness (QED) is 0.510. The smallest absolute Gasteiger partial charge is 0.282 e. The van der Waals surface area contributed by atoms with Crippen LogP contribution in [0.15, 0.2) is 48.5 Å². The summed E-state index contributed by atoms with van der Waals surface area (Å²) in [6.45, 7) is 0. The number of nitro groups is 1. The maximum Gasteiger partial charge on any atom is 0.282 e. The topological polar surface area (TPSA) is 84.3 Å². The lowest BCUT2D eigenvalue weighted by Crippen LogP contribution is -2.34. The number of nitrogens with zero attached hydrogens (tertiary/aromatic N) is 1. The van der Waals surface area contributed by atoms with Gasteiger partial charge < -0.3 is 5.32 Å². The molecule has 2 aromatic carbocycles. The molecule has 0 aliphatic heterocycles. The summed E-state index contributed by atoms with van der Waals surface area (Å²) in [5.74, 6) is -0.670. The first kappa shape index (κ1) is 15.9. The van der Waals surface area contributed by atoms with E-state index >= 15 is 0 Å². The minimum atomic E-state index is -0.670. The Bertz CT molecular complexity index is 752. The van der Waals surface area contributed by atoms with E-state index in [-0.39, 0.29) is 16.4 Å². The summed E-state index contributed by atoms with van der Waals surface area (Å²) in [6.07, 6.45) is 0. The lowest BCUT2D eigenvalue weighted by molar-refractivity contribution is -0.385. The van der Waals surface area contributed by atoms with Crippen LogP contribution in [0, 0.1) is 10.1 Å². The van der Waals surface area contributed by atoms with Crippen LogP contribution in [-0.2, 0) is 0 Å². The first-order valence-corrected chi connectivity index (χ1v) is 6.88. The predicted octanol–water partition coefficient (Wildman–Crippen LogP) is 3.38. The van der Waals surface area contributed by atoms with Gasteiger partial charge in [-0.05, 0) is 30.4 Å². The number of rotatable bonds is 3. The van der Waals surface area contributed by atoms with Crippen molar-refractivity contribution >= 4 is 46.2 Å². The second-order valence-corrected chi connectivity index (χ2v) is 4.98. The van der Waals surface area contributed by atoms with Crippen LogP contribution in [0.4, 0.5) is 11.4 Å². The van der Waals surface area contributed by atoms with E-state index in [0.717, 1.165) is 0 Å². The highest BCUT2D eigenvalue weighted by Gasteiger charge is 2.19. The van der Waals surface area contributed by atoms with Crippen LogP contribution in [-0.4, -0.2) is 15.9 Å². The number of benzene rings is 2. The maximum absolute atomic E-state index is 12.1. The van der Waals surface area contributed by atoms with Crippen LogP contribution in [0.1, 0.15) is 10.4 Å². The van der Waals surface area contributed by atoms with Gasteiger partial charge in [-0.3, -0.25) is 20.2 Å². The molecule has 2 N–H and O–H groups in total. The van der Waals surface area contributed by atoms with Crippen molar-refractivity contribution in [2.45, 2.75) is 0 Å². The third-order valence-electron chi connectivity index (χ3n) is 2.69. The van der Waals surface area contributed by atoms with Crippen LogP contribution in [0.2, 0.25) is 5.02 Å². The van der Waals surface area contributed by atoms with E-state index in [0.29, 0.717) is 10.7 Å². The van der Waals surface area contributed by atoms with Crippen LogP contribution in [0.25, 0.3) is 0 Å². The summed E-state index contributed by atoms with van der Waals surface area (Å²) in [7, 11) is 0. The van der Waals surface area contributed by atoms with Crippen molar-refractivity contribution in [2.24, 2.45) is 0 Å². The number of para-hydroxylation sites is 2. The normalized spacial score (nSPS) is 9.86. The summed E-state index contributed by atoms with van der Waals surface area (Å²) in [4.78, 5) is 22.4. The number of amides is 1. The molecule has 112 valence electrons. The number of carbonyl (C=O) groups is 1. The second-order valence-electron chi connectivity index (χ2n) is 4.16. The van der Waals surface area contributed by atoms with Gasteiger partial charge >= 0.3 is 0 Å². The van der Waals surface area contributed by atoms with Crippen molar-refractivity contribution < 1.29 is 9.72 Å². The minimum Gasteiger partial charge on any atom is -0.331 e. The third kappa shape index (κ3) is 3.78. The molecule has 0 aliphatic carbocycles. The largest absolute Gasteiger partial charge is 0.331 e. The Kier molecular flexibility index (Phi) is 5.03. The Morgan fingerprint density at radius 2 is 1.77 bits per heavy atom. The van der Waals surface area contributed by atoms with Gasteiger partial charge in [-0.2, -0.15) is 0 Å². The van der Waals surface area contributed by atoms with Gasteiger partial charge in [0.1, 0.15) is 5.56 Å². The van der Waals surface area contributed by atoms with Crippen molar-refractivity contribution in [3.63, 3.8) is 0 Å². The number of nitro benzene ring substituents is 1. The summed E-state index contributed by atoms with van der Waals surface area (Å²) in [6, 6.07) is 12.5. The number of hydrogen-bond donors (Lipinski definition) is 2. The number of thiocarbonyl (C=S) groups is 1. The van der Waals surface area contributed by atoms with Crippen molar-refractivity contribution in [1.29, 1.82) is 0 Å². The highest BCUT2D eigenvalue weighted by molar-refractivity contribution is 7.80. The van der Waals surface area contributed by atoms with E-state index in [4.69, 9.17) is 23.8 Å². The average molecular weight is 336 g/mol. The number of hydrogen-bond acceptors (Lipinski definition) is 4. The summed E-state index contributed by atoms with van der Waals surface area (Å²) in [5, 5.41) is 16.5. The molecule has 2 aromatic rings. The molecule has 0 fully saturated rings. The molecule has 0 saturated carbocycles. The van der Waals surface area contributed by atoms with E-state index in [1.54, 1.807) is 24.3 Å². The van der Waals surface area contributed by atoms with Gasteiger partial charge in [0, 0.05) is 6.07 Å². The lowest BCUT2D eigenvalue weighted by Gasteiger charge is -2.10. The standard InChI is InChI=1S/C14H10ClN3O3S/c15-10-6-2-3-7-11(10)16-14(22)17-13(19)9-5-1-4-8-12(9)18(20)21/h1-8H,(H2,16,17,19,22). The monoisotopic (exact) mass is 335 g/mol. The predicted molar refractivity (Wildman–Crippen MR) is 88.2 cm³/mol. The van der Waals surface area contributed by atoms with Crippen LogP contribution >= 0.6 is 23.8 Å². The molecule has 0 atom stereocenters. The molecule has 0 spiro atoms. The van der Waals surface area contributed by atoms with E-state index in [1.165, 1.54) is 24.3 Å². The van der Waals surface area contributed by atoms with Gasteiger partial charge in [0.05, 0.1) is 15.6 Å². The Morgan fingerprint density at radius 3 is 2.45 bits per heavy atom. The molecule has 6 nitrogen and oxygen atoms in total. The van der Waals surface area contributed by atoms with Gasteiger partial charge in [0.2, 0.25) is 0 Å². The van der Waals surface area contributed by atoms with Gasteiger partial charge in [0.25, 0.3) is 11.6 Å². The summed E-state index contributed by atoms with van der Waals surface area (Å²) >= 11 is 11.0. The number of nitrogens with one attached hydrogen (secondary N) is 2. The third-order valence-corrected chi connectivity index (χ3v) is 3.23. The fourth-order valence-electron chi connectivity index (χ4n) is 1.71. The van der Waals surface area contributed by atoms with E-state index in [2.05, 4.69) is 10.6 Å². The molecule has 0 aliphatic rings. The van der Waals surface area contributed by atoms with Crippen molar-refractivity contribution in [3.8, 4) is 0 Å². The highest BCUT2D eigenvalue weighted by atomic mass is 35.5. The Labute approximate surface area is 136 Å². The molecule has 1 amide bonds. The molecule has 0 aromatic heterocycles. The zero-order chi connectivity index (χ0) is 16.1. The van der Waals surface area contributed by atoms with Crippen molar-refractivity contribution in [3.05, 3.63) is 69.2 Å². The van der Waals surface area contributed by atoms with Crippen LogP contribution in [0.3, 0.4) is 0 Å². The maximum atomic E-state index is 12.1. The van der Waals surface area contributed by atoms with Gasteiger partial charge in [0.15, 0.2) is 5.11 Å². The molecule has 0 unspecified atom stereocenters. The SMILES string of the molecule is O=C(NC(=S)Nc1ccccc1Cl)c1ccccc1[N+](=O)[O-]. The lowest BCUT2D eigenvalue weighted by atomic mass is 10.1. The molecule has 0 bridgehead atoms. The van der Waals surface area contributed by atoms with Gasteiger partial charge in [-0.15, -0.1) is 0 Å². The first-order valence-electron chi connectivity index (χ1n) is 6.09. The van der Waals surface area contributed by atoms with Crippen LogP contribution < -0.4 is 10.6 Å². The number of halogens is 1. The highest BCUT2D eigenvalue weighted by Crippen LogP contribution is 2.20. The molecule has 22 heavy (non-hydrogen) atoms. The van der Waals surface area contributed by atoms with Gasteiger partial charge in [-0.25, -0.2) is 0 Å². The Morgan fingerprint density at radius 1 is 1.14 bits per heavy atom. The fourth-order valence-corrected chi connectivity index (χ4v) is 2.10. The average Bonchev–Trinajstić information content (AvgIpc) is 2.49. The molecule has 0 radical (unpaired) electrons. The Balaban J connectivity index is 2.11. The molecular formula is C14H10ClN3O3S. The molecule has 2 rings (SSSR count). The molecule has 8 heteroatoms. The number of anilines is 1. The molecular weight excluding hydrogens is 326 g/mol. The summed E-state index contributed by atoms with van der Waals surface area (Å²) in [5.41, 5.74) is 0.161. The van der Waals surface area contributed by atoms with Crippen molar-refractivity contribution in [2.75, 3.05) is 5.32 Å². The van der Waals surface area contributed by atoms with E-state index < -0.39 is 10.8 Å². The summed E-state index contributed by atoms with van der Waals surface area (Å²) < 4.78 is 0. The Hall–Kier alpha value is -2.51. The second kappa shape index (κ2) is 6.97. The zero-order valence-electron chi connectivity index (χ0n) is 11.1. The fraction of sp³-hybridized carbons (Fsp3) is 0.